The Morgan fingerprint density at radius 2 is 1.60 bits per heavy atom. The van der Waals surface area contributed by atoms with E-state index < -0.39 is 0 Å². The molecule has 0 saturated carbocycles. The van der Waals surface area contributed by atoms with Crippen molar-refractivity contribution in [3.63, 3.8) is 0 Å². The molecule has 1 aliphatic rings. The first kappa shape index (κ1) is 21.7. The maximum absolute atomic E-state index is 12.9. The minimum atomic E-state index is -0.0933. The number of nitrogens with zero attached hydrogens (tertiary/aromatic N) is 1. The van der Waals surface area contributed by atoms with Crippen LogP contribution < -0.4 is 14.8 Å². The van der Waals surface area contributed by atoms with E-state index in [2.05, 4.69) is 24.4 Å². The first-order chi connectivity index (χ1) is 14.5. The summed E-state index contributed by atoms with van der Waals surface area (Å²) in [5, 5.41) is 3.01. The van der Waals surface area contributed by atoms with Crippen LogP contribution in [0.5, 0.6) is 11.5 Å². The molecule has 0 bridgehead atoms. The van der Waals surface area contributed by atoms with Gasteiger partial charge in [-0.3, -0.25) is 9.59 Å². The molecule has 3 rings (SSSR count). The molecule has 0 atom stereocenters. The Kier molecular flexibility index (Phi) is 7.33. The van der Waals surface area contributed by atoms with Crippen LogP contribution in [0.15, 0.2) is 42.5 Å². The van der Waals surface area contributed by atoms with Gasteiger partial charge in [0.2, 0.25) is 5.91 Å². The van der Waals surface area contributed by atoms with Crippen molar-refractivity contribution in [1.82, 2.24) is 4.90 Å². The maximum atomic E-state index is 12.9. The van der Waals surface area contributed by atoms with E-state index in [4.69, 9.17) is 9.47 Å². The van der Waals surface area contributed by atoms with Crippen molar-refractivity contribution in [2.24, 2.45) is 5.92 Å². The van der Waals surface area contributed by atoms with Crippen LogP contribution in [0, 0.1) is 5.92 Å². The summed E-state index contributed by atoms with van der Waals surface area (Å²) in [4.78, 5) is 27.3. The SMILES string of the molecule is CCCc1ccc(NC(=O)C2CCN(C(=O)c3cc(OC)cc(OC)c3)CC2)cc1. The van der Waals surface area contributed by atoms with Crippen LogP contribution in [0.1, 0.15) is 42.1 Å². The van der Waals surface area contributed by atoms with Crippen LogP contribution in [0.25, 0.3) is 0 Å². The van der Waals surface area contributed by atoms with E-state index in [1.165, 1.54) is 5.56 Å². The Hall–Kier alpha value is -3.02. The van der Waals surface area contributed by atoms with Crippen molar-refractivity contribution in [1.29, 1.82) is 0 Å². The molecular weight excluding hydrogens is 380 g/mol. The van der Waals surface area contributed by atoms with E-state index in [1.807, 2.05) is 12.1 Å². The van der Waals surface area contributed by atoms with E-state index in [-0.39, 0.29) is 17.7 Å². The number of hydrogen-bond acceptors (Lipinski definition) is 4. The van der Waals surface area contributed by atoms with E-state index in [1.54, 1.807) is 37.3 Å². The average molecular weight is 411 g/mol. The topological polar surface area (TPSA) is 67.9 Å². The lowest BCUT2D eigenvalue weighted by molar-refractivity contribution is -0.121. The monoisotopic (exact) mass is 410 g/mol. The number of likely N-dealkylation sites (tertiary alicyclic amines) is 1. The van der Waals surface area contributed by atoms with Gasteiger partial charge in [0.25, 0.3) is 5.91 Å². The normalized spacial score (nSPS) is 14.3. The number of nitrogens with one attached hydrogen (secondary N) is 1. The molecular formula is C24H30N2O4. The molecule has 160 valence electrons. The molecule has 1 N–H and O–H groups in total. The van der Waals surface area contributed by atoms with Gasteiger partial charge in [-0.1, -0.05) is 25.5 Å². The Labute approximate surface area is 178 Å². The van der Waals surface area contributed by atoms with Gasteiger partial charge in [0.05, 0.1) is 14.2 Å². The zero-order valence-electron chi connectivity index (χ0n) is 17.9. The van der Waals surface area contributed by atoms with Gasteiger partial charge in [0.1, 0.15) is 11.5 Å². The fourth-order valence-electron chi connectivity index (χ4n) is 3.75. The van der Waals surface area contributed by atoms with E-state index in [0.29, 0.717) is 43.0 Å². The molecule has 1 heterocycles. The van der Waals surface area contributed by atoms with Gasteiger partial charge in [-0.15, -0.1) is 0 Å². The number of aryl methyl sites for hydroxylation is 1. The molecule has 1 fully saturated rings. The molecule has 1 saturated heterocycles. The summed E-state index contributed by atoms with van der Waals surface area (Å²) in [7, 11) is 3.12. The van der Waals surface area contributed by atoms with Gasteiger partial charge in [-0.05, 0) is 49.1 Å². The summed E-state index contributed by atoms with van der Waals surface area (Å²) in [6.45, 7) is 3.25. The van der Waals surface area contributed by atoms with Crippen LogP contribution in [0.4, 0.5) is 5.69 Å². The number of carbonyl (C=O) groups excluding carboxylic acids is 2. The summed E-state index contributed by atoms with van der Waals surface area (Å²) < 4.78 is 10.5. The number of piperidine rings is 1. The van der Waals surface area contributed by atoms with Crippen molar-refractivity contribution in [3.05, 3.63) is 53.6 Å². The average Bonchev–Trinajstić information content (AvgIpc) is 2.79. The fraction of sp³-hybridized carbons (Fsp3) is 0.417. The van der Waals surface area contributed by atoms with Crippen LogP contribution in [0.2, 0.25) is 0 Å². The number of ether oxygens (including phenoxy) is 2. The zero-order chi connectivity index (χ0) is 21.5. The molecule has 0 radical (unpaired) electrons. The first-order valence-corrected chi connectivity index (χ1v) is 10.5. The quantitative estimate of drug-likeness (QED) is 0.745. The van der Waals surface area contributed by atoms with E-state index in [9.17, 15) is 9.59 Å². The largest absolute Gasteiger partial charge is 0.497 e. The molecule has 0 spiro atoms. The van der Waals surface area contributed by atoms with Crippen molar-refractivity contribution in [2.75, 3.05) is 32.6 Å². The summed E-state index contributed by atoms with van der Waals surface area (Å²) in [5.41, 5.74) is 2.62. The Bertz CT molecular complexity index is 849. The highest BCUT2D eigenvalue weighted by Crippen LogP contribution is 2.26. The molecule has 0 aliphatic carbocycles. The summed E-state index contributed by atoms with van der Waals surface area (Å²) in [6.07, 6.45) is 3.44. The van der Waals surface area contributed by atoms with Crippen molar-refractivity contribution >= 4 is 17.5 Å². The lowest BCUT2D eigenvalue weighted by atomic mass is 9.95. The number of carbonyl (C=O) groups is 2. The van der Waals surface area contributed by atoms with Gasteiger partial charge < -0.3 is 19.7 Å². The first-order valence-electron chi connectivity index (χ1n) is 10.5. The van der Waals surface area contributed by atoms with Crippen molar-refractivity contribution in [2.45, 2.75) is 32.6 Å². The number of amides is 2. The third kappa shape index (κ3) is 5.32. The van der Waals surface area contributed by atoms with Gasteiger partial charge in [-0.2, -0.15) is 0 Å². The third-order valence-electron chi connectivity index (χ3n) is 5.51. The molecule has 30 heavy (non-hydrogen) atoms. The van der Waals surface area contributed by atoms with E-state index >= 15 is 0 Å². The second kappa shape index (κ2) is 10.1. The minimum Gasteiger partial charge on any atom is -0.497 e. The van der Waals surface area contributed by atoms with Crippen LogP contribution >= 0.6 is 0 Å². The highest BCUT2D eigenvalue weighted by molar-refractivity contribution is 5.96. The lowest BCUT2D eigenvalue weighted by Crippen LogP contribution is -2.41. The Balaban J connectivity index is 1.56. The lowest BCUT2D eigenvalue weighted by Gasteiger charge is -2.31. The second-order valence-electron chi connectivity index (χ2n) is 7.60. The van der Waals surface area contributed by atoms with Crippen molar-refractivity contribution in [3.8, 4) is 11.5 Å². The number of methoxy groups -OCH3 is 2. The molecule has 2 aromatic rings. The maximum Gasteiger partial charge on any atom is 0.254 e. The fourth-order valence-corrected chi connectivity index (χ4v) is 3.75. The van der Waals surface area contributed by atoms with Gasteiger partial charge in [-0.25, -0.2) is 0 Å². The predicted molar refractivity (Wildman–Crippen MR) is 117 cm³/mol. The molecule has 0 unspecified atom stereocenters. The van der Waals surface area contributed by atoms with Gasteiger partial charge in [0, 0.05) is 36.3 Å². The molecule has 6 nitrogen and oxygen atoms in total. The summed E-state index contributed by atoms with van der Waals surface area (Å²) >= 11 is 0. The second-order valence-corrected chi connectivity index (χ2v) is 7.60. The predicted octanol–water partition coefficient (Wildman–Crippen LogP) is 4.15. The summed E-state index contributed by atoms with van der Waals surface area (Å²) in [6, 6.07) is 13.2. The van der Waals surface area contributed by atoms with Crippen molar-refractivity contribution < 1.29 is 19.1 Å². The van der Waals surface area contributed by atoms with Crippen LogP contribution in [-0.2, 0) is 11.2 Å². The number of rotatable bonds is 7. The molecule has 1 aliphatic heterocycles. The van der Waals surface area contributed by atoms with Crippen LogP contribution in [0.3, 0.4) is 0 Å². The molecule has 2 amide bonds. The third-order valence-corrected chi connectivity index (χ3v) is 5.51. The number of benzene rings is 2. The Morgan fingerprint density at radius 3 is 2.13 bits per heavy atom. The Morgan fingerprint density at radius 1 is 1.00 bits per heavy atom. The molecule has 6 heteroatoms. The summed E-state index contributed by atoms with van der Waals surface area (Å²) in [5.74, 6) is 1.02. The van der Waals surface area contributed by atoms with Gasteiger partial charge >= 0.3 is 0 Å². The number of anilines is 1. The molecule has 0 aromatic heterocycles. The minimum absolute atomic E-state index is 0.0217. The zero-order valence-corrected chi connectivity index (χ0v) is 17.9. The highest BCUT2D eigenvalue weighted by Gasteiger charge is 2.28. The van der Waals surface area contributed by atoms with Crippen LogP contribution in [-0.4, -0.2) is 44.0 Å². The highest BCUT2D eigenvalue weighted by atomic mass is 16.5. The van der Waals surface area contributed by atoms with E-state index in [0.717, 1.165) is 18.5 Å². The number of hydrogen-bond donors (Lipinski definition) is 1. The smallest absolute Gasteiger partial charge is 0.254 e. The standard InChI is InChI=1S/C24H30N2O4/c1-4-5-17-6-8-20(9-7-17)25-23(27)18-10-12-26(13-11-18)24(28)19-14-21(29-2)16-22(15-19)30-3/h6-9,14-16,18H,4-5,10-13H2,1-3H3,(H,25,27). The molecule has 2 aromatic carbocycles. The van der Waals surface area contributed by atoms with Gasteiger partial charge in [0.15, 0.2) is 0 Å².